The fraction of sp³-hybridized carbons (Fsp3) is 0.500. The molecule has 0 unspecified atom stereocenters. The number of halogens is 1. The topological polar surface area (TPSA) is 61.6 Å². The second kappa shape index (κ2) is 4.95. The summed E-state index contributed by atoms with van der Waals surface area (Å²) in [5.41, 5.74) is 0.449. The van der Waals surface area contributed by atoms with Crippen molar-refractivity contribution in [1.29, 1.82) is 0 Å². The Hall–Kier alpha value is -0.980. The van der Waals surface area contributed by atoms with Crippen LogP contribution in [-0.4, -0.2) is 11.2 Å². The quantitative estimate of drug-likeness (QED) is 0.627. The van der Waals surface area contributed by atoms with Crippen LogP contribution in [0.4, 0.5) is 5.69 Å². The van der Waals surface area contributed by atoms with Crippen LogP contribution < -0.4 is 0 Å². The normalized spacial score (nSPS) is 26.7. The van der Waals surface area contributed by atoms with Crippen LogP contribution in [0.15, 0.2) is 22.7 Å². The first-order valence-electron chi connectivity index (χ1n) is 5.76. The highest BCUT2D eigenvalue weighted by Crippen LogP contribution is 2.44. The van der Waals surface area contributed by atoms with Crippen molar-refractivity contribution < 1.29 is 14.4 Å². The largest absolute Gasteiger partial charge is 0.317 e. The molecule has 0 amide bonds. The van der Waals surface area contributed by atoms with Crippen molar-refractivity contribution in [2.24, 2.45) is 0 Å². The molecule has 0 saturated carbocycles. The van der Waals surface area contributed by atoms with Gasteiger partial charge in [-0.15, -0.1) is 0 Å². The zero-order chi connectivity index (χ0) is 13.3. The van der Waals surface area contributed by atoms with Crippen LogP contribution >= 0.6 is 15.9 Å². The summed E-state index contributed by atoms with van der Waals surface area (Å²) in [6.07, 6.45) is 1.48. The van der Waals surface area contributed by atoms with E-state index >= 15 is 0 Å². The number of nitrogens with zero attached hydrogens (tertiary/aromatic N) is 1. The molecule has 0 radical (unpaired) electrons. The average Bonchev–Trinajstić information content (AvgIpc) is 2.26. The third-order valence-electron chi connectivity index (χ3n) is 2.88. The second-order valence-corrected chi connectivity index (χ2v) is 5.23. The molecular formula is C12H14BrNO4. The van der Waals surface area contributed by atoms with Crippen molar-refractivity contribution >= 4 is 21.6 Å². The summed E-state index contributed by atoms with van der Waals surface area (Å²) in [4.78, 5) is 10.6. The van der Waals surface area contributed by atoms with Gasteiger partial charge in [0.25, 0.3) is 5.69 Å². The molecule has 1 aliphatic rings. The van der Waals surface area contributed by atoms with Gasteiger partial charge in [0.05, 0.1) is 10.5 Å². The number of benzene rings is 1. The maximum Gasteiger partial charge on any atom is 0.279 e. The fourth-order valence-corrected chi connectivity index (χ4v) is 2.38. The molecule has 0 aliphatic carbocycles. The Balaban J connectivity index is 2.27. The average molecular weight is 316 g/mol. The van der Waals surface area contributed by atoms with E-state index in [1.54, 1.807) is 19.1 Å². The van der Waals surface area contributed by atoms with Crippen molar-refractivity contribution in [2.45, 2.75) is 38.8 Å². The lowest BCUT2D eigenvalue weighted by molar-refractivity contribution is -0.461. The molecule has 1 aliphatic heterocycles. The maximum atomic E-state index is 11.0. The lowest BCUT2D eigenvalue weighted by atomic mass is 10.0. The van der Waals surface area contributed by atoms with Crippen LogP contribution in [0.3, 0.4) is 0 Å². The van der Waals surface area contributed by atoms with E-state index in [0.717, 1.165) is 12.8 Å². The van der Waals surface area contributed by atoms with Gasteiger partial charge < -0.3 is 9.47 Å². The smallest absolute Gasteiger partial charge is 0.279 e. The number of nitro benzene ring substituents is 1. The molecule has 0 bridgehead atoms. The van der Waals surface area contributed by atoms with E-state index < -0.39 is 10.7 Å². The van der Waals surface area contributed by atoms with Crippen LogP contribution in [0.25, 0.3) is 0 Å². The first-order valence-corrected chi connectivity index (χ1v) is 6.55. The Labute approximate surface area is 113 Å². The molecule has 0 aromatic heterocycles. The highest BCUT2D eigenvalue weighted by atomic mass is 79.9. The van der Waals surface area contributed by atoms with Crippen LogP contribution in [0.2, 0.25) is 0 Å². The molecule has 98 valence electrons. The number of nitro groups is 1. The Morgan fingerprint density at radius 2 is 2.17 bits per heavy atom. The summed E-state index contributed by atoms with van der Waals surface area (Å²) in [7, 11) is 0. The zero-order valence-electron chi connectivity index (χ0n) is 10.2. The lowest BCUT2D eigenvalue weighted by Gasteiger charge is -2.45. The van der Waals surface area contributed by atoms with Gasteiger partial charge in [-0.05, 0) is 25.5 Å². The molecule has 0 atom stereocenters. The monoisotopic (exact) mass is 315 g/mol. The lowest BCUT2D eigenvalue weighted by Crippen LogP contribution is -2.49. The van der Waals surface area contributed by atoms with E-state index in [9.17, 15) is 10.1 Å². The van der Waals surface area contributed by atoms with Gasteiger partial charge in [0.15, 0.2) is 6.29 Å². The molecular weight excluding hydrogens is 302 g/mol. The van der Waals surface area contributed by atoms with Crippen molar-refractivity contribution in [3.8, 4) is 0 Å². The van der Waals surface area contributed by atoms with Crippen molar-refractivity contribution in [3.63, 3.8) is 0 Å². The van der Waals surface area contributed by atoms with Gasteiger partial charge in [0.1, 0.15) is 0 Å². The number of ether oxygens (including phenoxy) is 2. The SMILES string of the molecule is CCCC1OC(C)(c2ccc(Br)cc2[N+](=O)[O-])O1. The number of hydrogen-bond donors (Lipinski definition) is 0. The van der Waals surface area contributed by atoms with E-state index in [4.69, 9.17) is 9.47 Å². The molecule has 6 heteroatoms. The summed E-state index contributed by atoms with van der Waals surface area (Å²) in [6, 6.07) is 4.86. The summed E-state index contributed by atoms with van der Waals surface area (Å²) in [5, 5.41) is 11.0. The van der Waals surface area contributed by atoms with E-state index in [0.29, 0.717) is 10.0 Å². The summed E-state index contributed by atoms with van der Waals surface area (Å²) >= 11 is 3.22. The molecule has 1 saturated heterocycles. The molecule has 5 nitrogen and oxygen atoms in total. The van der Waals surface area contributed by atoms with Gasteiger partial charge >= 0.3 is 0 Å². The standard InChI is InChI=1S/C12H14BrNO4/c1-3-4-11-17-12(2,18-11)9-6-5-8(13)7-10(9)14(15)16/h5-7,11H,3-4H2,1-2H3. The first kappa shape index (κ1) is 13.5. The molecule has 0 spiro atoms. The van der Waals surface area contributed by atoms with Gasteiger partial charge in [-0.2, -0.15) is 0 Å². The molecule has 1 aromatic rings. The van der Waals surface area contributed by atoms with Gasteiger partial charge in [0.2, 0.25) is 5.79 Å². The molecule has 0 N–H and O–H groups in total. The number of hydrogen-bond acceptors (Lipinski definition) is 4. The Morgan fingerprint density at radius 1 is 1.50 bits per heavy atom. The van der Waals surface area contributed by atoms with Crippen LogP contribution in [0, 0.1) is 10.1 Å². The van der Waals surface area contributed by atoms with E-state index in [2.05, 4.69) is 15.9 Å². The van der Waals surface area contributed by atoms with E-state index in [1.807, 2.05) is 6.92 Å². The van der Waals surface area contributed by atoms with E-state index in [-0.39, 0.29) is 12.0 Å². The Bertz CT molecular complexity index is 471. The van der Waals surface area contributed by atoms with E-state index in [1.165, 1.54) is 6.07 Å². The Kier molecular flexibility index (Phi) is 3.70. The van der Waals surface area contributed by atoms with Gasteiger partial charge in [0, 0.05) is 10.5 Å². The first-order chi connectivity index (χ1) is 8.46. The highest BCUT2D eigenvalue weighted by Gasteiger charge is 2.47. The zero-order valence-corrected chi connectivity index (χ0v) is 11.8. The minimum absolute atomic E-state index is 0.00169. The summed E-state index contributed by atoms with van der Waals surface area (Å²) in [5.74, 6) is -1.01. The predicted octanol–water partition coefficient (Wildman–Crippen LogP) is 3.70. The van der Waals surface area contributed by atoms with Crippen LogP contribution in [0.1, 0.15) is 32.3 Å². The third-order valence-corrected chi connectivity index (χ3v) is 3.38. The van der Waals surface area contributed by atoms with Gasteiger partial charge in [-0.1, -0.05) is 29.3 Å². The molecule has 18 heavy (non-hydrogen) atoms. The molecule has 2 rings (SSSR count). The molecule has 1 fully saturated rings. The summed E-state index contributed by atoms with van der Waals surface area (Å²) < 4.78 is 11.9. The minimum atomic E-state index is -1.01. The number of rotatable bonds is 4. The second-order valence-electron chi connectivity index (χ2n) is 4.32. The molecule has 1 aromatic carbocycles. The van der Waals surface area contributed by atoms with Crippen LogP contribution in [-0.2, 0) is 15.3 Å². The highest BCUT2D eigenvalue weighted by molar-refractivity contribution is 9.10. The third kappa shape index (κ3) is 2.41. The van der Waals surface area contributed by atoms with Gasteiger partial charge in [-0.3, -0.25) is 10.1 Å². The fourth-order valence-electron chi connectivity index (χ4n) is 2.03. The van der Waals surface area contributed by atoms with Crippen molar-refractivity contribution in [2.75, 3.05) is 0 Å². The maximum absolute atomic E-state index is 11.0. The van der Waals surface area contributed by atoms with Gasteiger partial charge in [-0.25, -0.2) is 0 Å². The van der Waals surface area contributed by atoms with Crippen molar-refractivity contribution in [1.82, 2.24) is 0 Å². The molecule has 1 heterocycles. The van der Waals surface area contributed by atoms with Crippen LogP contribution in [0.5, 0.6) is 0 Å². The Morgan fingerprint density at radius 3 is 2.72 bits per heavy atom. The minimum Gasteiger partial charge on any atom is -0.317 e. The predicted molar refractivity (Wildman–Crippen MR) is 69.0 cm³/mol. The summed E-state index contributed by atoms with van der Waals surface area (Å²) in [6.45, 7) is 3.74. The van der Waals surface area contributed by atoms with Crippen molar-refractivity contribution in [3.05, 3.63) is 38.3 Å².